The molecule has 0 amide bonds. The molecule has 0 bridgehead atoms. The fourth-order valence-electron chi connectivity index (χ4n) is 9.86. The number of carbonyl (C=O) groups is 2. The molecule has 5 heteroatoms. The summed E-state index contributed by atoms with van der Waals surface area (Å²) in [5.74, 6) is -0.569. The van der Waals surface area contributed by atoms with E-state index in [2.05, 4.69) is 50.3 Å². The zero-order valence-corrected chi connectivity index (χ0v) is 48.0. The second kappa shape index (κ2) is 62.4. The van der Waals surface area contributed by atoms with Crippen molar-refractivity contribution in [1.29, 1.82) is 0 Å². The molecule has 0 aliphatic carbocycles. The second-order valence-electron chi connectivity index (χ2n) is 21.9. The highest BCUT2D eigenvalue weighted by Gasteiger charge is 2.16. The van der Waals surface area contributed by atoms with Crippen LogP contribution in [0.1, 0.15) is 354 Å². The predicted molar refractivity (Wildman–Crippen MR) is 311 cm³/mol. The van der Waals surface area contributed by atoms with Crippen molar-refractivity contribution in [3.05, 3.63) is 36.5 Å². The van der Waals surface area contributed by atoms with Gasteiger partial charge in [-0.3, -0.25) is 9.59 Å². The fraction of sp³-hybridized carbons (Fsp3) is 0.879. The molecule has 5 nitrogen and oxygen atoms in total. The summed E-state index contributed by atoms with van der Waals surface area (Å²) >= 11 is 0. The van der Waals surface area contributed by atoms with Gasteiger partial charge in [0.2, 0.25) is 0 Å². The molecule has 0 rings (SSSR count). The Morgan fingerprint density at radius 3 is 0.845 bits per heavy atom. The van der Waals surface area contributed by atoms with Crippen LogP contribution in [0.5, 0.6) is 0 Å². The molecule has 418 valence electrons. The van der Waals surface area contributed by atoms with Crippen LogP contribution in [-0.2, 0) is 19.1 Å². The van der Waals surface area contributed by atoms with Crippen LogP contribution in [0.4, 0.5) is 0 Å². The summed E-state index contributed by atoms with van der Waals surface area (Å²) in [7, 11) is 0. The summed E-state index contributed by atoms with van der Waals surface area (Å²) < 4.78 is 10.7. The third-order valence-corrected chi connectivity index (χ3v) is 14.7. The lowest BCUT2D eigenvalue weighted by atomic mass is 10.0. The minimum absolute atomic E-state index is 0.0598. The van der Waals surface area contributed by atoms with Gasteiger partial charge in [-0.2, -0.15) is 0 Å². The maximum atomic E-state index is 12.3. The molecule has 71 heavy (non-hydrogen) atoms. The van der Waals surface area contributed by atoms with E-state index in [0.717, 1.165) is 44.9 Å². The highest BCUT2D eigenvalue weighted by molar-refractivity contribution is 5.70. The van der Waals surface area contributed by atoms with E-state index in [1.807, 2.05) is 0 Å². The maximum absolute atomic E-state index is 12.3. The maximum Gasteiger partial charge on any atom is 0.306 e. The van der Waals surface area contributed by atoms with Gasteiger partial charge in [-0.25, -0.2) is 0 Å². The molecule has 0 aliphatic heterocycles. The minimum Gasteiger partial charge on any atom is -0.462 e. The molecule has 0 aromatic carbocycles. The number of esters is 2. The van der Waals surface area contributed by atoms with Gasteiger partial charge in [0.25, 0.3) is 0 Å². The van der Waals surface area contributed by atoms with Gasteiger partial charge in [-0.05, 0) is 51.4 Å². The van der Waals surface area contributed by atoms with Gasteiger partial charge < -0.3 is 14.6 Å². The molecule has 0 saturated carbocycles. The molecule has 0 saturated heterocycles. The van der Waals surface area contributed by atoms with Gasteiger partial charge in [0.1, 0.15) is 6.61 Å². The number of hydrogen-bond acceptors (Lipinski definition) is 5. The standard InChI is InChI=1S/C66H124O5/c1-3-5-7-9-11-13-15-17-19-21-23-25-27-29-31-32-33-34-35-37-39-41-43-45-47-49-51-53-55-57-59-61-66(69)71-64(62-67)63-70-65(68)60-58-56-54-52-50-48-46-44-42-40-38-36-30-28-26-24-22-20-18-16-14-12-10-8-6-4-2/h15,17,21,23,27,29,64,67H,3-14,16,18-20,22,24-26,28,30-63H2,1-2H3/b17-15-,23-21-,29-27-. The monoisotopic (exact) mass is 997 g/mol. The number of rotatable bonds is 60. The number of ether oxygens (including phenoxy) is 2. The van der Waals surface area contributed by atoms with Crippen molar-refractivity contribution >= 4 is 11.9 Å². The van der Waals surface area contributed by atoms with Gasteiger partial charge >= 0.3 is 11.9 Å². The van der Waals surface area contributed by atoms with Crippen LogP contribution >= 0.6 is 0 Å². The largest absolute Gasteiger partial charge is 0.462 e. The molecule has 1 N–H and O–H groups in total. The lowest BCUT2D eigenvalue weighted by Gasteiger charge is -2.15. The molecule has 1 atom stereocenters. The topological polar surface area (TPSA) is 72.8 Å². The first-order valence-electron chi connectivity index (χ1n) is 32.0. The fourth-order valence-corrected chi connectivity index (χ4v) is 9.86. The summed E-state index contributed by atoms with van der Waals surface area (Å²) in [4.78, 5) is 24.6. The summed E-state index contributed by atoms with van der Waals surface area (Å²) in [6.45, 7) is 4.19. The number of carbonyl (C=O) groups excluding carboxylic acids is 2. The summed E-state index contributed by atoms with van der Waals surface area (Å²) in [5, 5.41) is 9.68. The molecule has 0 fully saturated rings. The zero-order valence-electron chi connectivity index (χ0n) is 48.0. The quantitative estimate of drug-likeness (QED) is 0.0373. The first-order valence-corrected chi connectivity index (χ1v) is 32.0. The Kier molecular flexibility index (Phi) is 60.8. The first kappa shape index (κ1) is 69.1. The van der Waals surface area contributed by atoms with Crippen LogP contribution in [0.25, 0.3) is 0 Å². The number of aliphatic hydroxyl groups excluding tert-OH is 1. The zero-order chi connectivity index (χ0) is 51.3. The number of unbranched alkanes of at least 4 members (excludes halogenated alkanes) is 46. The number of allylic oxidation sites excluding steroid dienone is 6. The van der Waals surface area contributed by atoms with Crippen molar-refractivity contribution in [2.75, 3.05) is 13.2 Å². The van der Waals surface area contributed by atoms with Crippen molar-refractivity contribution in [2.24, 2.45) is 0 Å². The number of hydrogen-bond donors (Lipinski definition) is 1. The highest BCUT2D eigenvalue weighted by atomic mass is 16.6. The highest BCUT2D eigenvalue weighted by Crippen LogP contribution is 2.18. The Labute approximate surface area is 444 Å². The van der Waals surface area contributed by atoms with E-state index in [4.69, 9.17) is 9.47 Å². The van der Waals surface area contributed by atoms with Crippen molar-refractivity contribution in [3.8, 4) is 0 Å². The van der Waals surface area contributed by atoms with Crippen LogP contribution in [0.2, 0.25) is 0 Å². The molecule has 0 aromatic rings. The Morgan fingerprint density at radius 1 is 0.324 bits per heavy atom. The van der Waals surface area contributed by atoms with Crippen LogP contribution in [-0.4, -0.2) is 36.4 Å². The third-order valence-electron chi connectivity index (χ3n) is 14.7. The molecule has 0 aliphatic rings. The molecule has 0 radical (unpaired) electrons. The molecular formula is C66H124O5. The predicted octanol–water partition coefficient (Wildman–Crippen LogP) is 21.8. The molecule has 1 unspecified atom stereocenters. The van der Waals surface area contributed by atoms with E-state index in [1.165, 1.54) is 283 Å². The Balaban J connectivity index is 3.41. The second-order valence-corrected chi connectivity index (χ2v) is 21.9. The lowest BCUT2D eigenvalue weighted by molar-refractivity contribution is -0.161. The van der Waals surface area contributed by atoms with E-state index >= 15 is 0 Å². The van der Waals surface area contributed by atoms with Crippen LogP contribution in [0.3, 0.4) is 0 Å². The number of aliphatic hydroxyl groups is 1. The average Bonchev–Trinajstić information content (AvgIpc) is 3.37. The van der Waals surface area contributed by atoms with Crippen LogP contribution in [0.15, 0.2) is 36.5 Å². The van der Waals surface area contributed by atoms with E-state index < -0.39 is 6.10 Å². The first-order chi connectivity index (χ1) is 35.1. The van der Waals surface area contributed by atoms with Crippen LogP contribution in [0, 0.1) is 0 Å². The normalized spacial score (nSPS) is 12.3. The van der Waals surface area contributed by atoms with Gasteiger partial charge in [-0.1, -0.05) is 326 Å². The Bertz CT molecular complexity index is 1130. The smallest absolute Gasteiger partial charge is 0.306 e. The molecular weight excluding hydrogens is 873 g/mol. The Morgan fingerprint density at radius 2 is 0.563 bits per heavy atom. The molecule has 0 spiro atoms. The lowest BCUT2D eigenvalue weighted by Crippen LogP contribution is -2.28. The van der Waals surface area contributed by atoms with Gasteiger partial charge in [-0.15, -0.1) is 0 Å². The third kappa shape index (κ3) is 60.6. The van der Waals surface area contributed by atoms with Crippen molar-refractivity contribution in [2.45, 2.75) is 360 Å². The van der Waals surface area contributed by atoms with Gasteiger partial charge in [0.05, 0.1) is 6.61 Å². The summed E-state index contributed by atoms with van der Waals surface area (Å²) in [6, 6.07) is 0. The van der Waals surface area contributed by atoms with Gasteiger partial charge in [0.15, 0.2) is 6.10 Å². The van der Waals surface area contributed by atoms with E-state index in [0.29, 0.717) is 12.8 Å². The van der Waals surface area contributed by atoms with Gasteiger partial charge in [0, 0.05) is 12.8 Å². The molecule has 0 aromatic heterocycles. The summed E-state index contributed by atoms with van der Waals surface area (Å²) in [5.41, 5.74) is 0. The van der Waals surface area contributed by atoms with E-state index in [9.17, 15) is 14.7 Å². The SMILES string of the molecule is CCCCCCC/C=C\C/C=C\C/C=C\CCCCCCCCCCCCCCCCCCC(=O)OC(CO)COC(=O)CCCCCCCCCCCCCCCCCCCCCCCCCCCC. The van der Waals surface area contributed by atoms with Crippen molar-refractivity contribution in [1.82, 2.24) is 0 Å². The molecule has 0 heterocycles. The Hall–Kier alpha value is -1.88. The van der Waals surface area contributed by atoms with Crippen molar-refractivity contribution in [3.63, 3.8) is 0 Å². The minimum atomic E-state index is -0.770. The van der Waals surface area contributed by atoms with E-state index in [-0.39, 0.29) is 25.2 Å². The van der Waals surface area contributed by atoms with Crippen LogP contribution < -0.4 is 0 Å². The van der Waals surface area contributed by atoms with E-state index in [1.54, 1.807) is 0 Å². The average molecular weight is 998 g/mol. The van der Waals surface area contributed by atoms with Crippen molar-refractivity contribution < 1.29 is 24.2 Å². The summed E-state index contributed by atoms with van der Waals surface area (Å²) in [6.07, 6.45) is 81.5.